The van der Waals surface area contributed by atoms with Crippen LogP contribution in [0.2, 0.25) is 0 Å². The van der Waals surface area contributed by atoms with Crippen molar-refractivity contribution in [2.24, 2.45) is 11.7 Å². The van der Waals surface area contributed by atoms with Crippen molar-refractivity contribution in [2.45, 2.75) is 97.9 Å². The van der Waals surface area contributed by atoms with E-state index in [1.54, 1.807) is 0 Å². The number of urea groups is 1. The number of aromatic nitrogens is 3. The van der Waals surface area contributed by atoms with E-state index >= 15 is 0 Å². The summed E-state index contributed by atoms with van der Waals surface area (Å²) in [7, 11) is 4.39. The number of hydrogen-bond acceptors (Lipinski definition) is 9. The predicted octanol–water partition coefficient (Wildman–Crippen LogP) is 5.08. The highest BCUT2D eigenvalue weighted by molar-refractivity contribution is 5.98. The third-order valence-electron chi connectivity index (χ3n) is 9.35. The summed E-state index contributed by atoms with van der Waals surface area (Å²) in [5.41, 5.74) is 17.7. The van der Waals surface area contributed by atoms with E-state index in [4.69, 9.17) is 16.5 Å². The van der Waals surface area contributed by atoms with Crippen LogP contribution in [-0.2, 0) is 29.1 Å². The zero-order valence-corrected chi connectivity index (χ0v) is 34.1. The number of rotatable bonds is 21. The topological polar surface area (TPSA) is 202 Å². The van der Waals surface area contributed by atoms with Gasteiger partial charge in [-0.05, 0) is 55.0 Å². The van der Waals surface area contributed by atoms with Crippen molar-refractivity contribution in [3.8, 4) is 0 Å². The second kappa shape index (κ2) is 20.5. The molecule has 0 bridgehead atoms. The molecule has 2 aromatic carbocycles. The standard InChI is InChI=1S/C42H61N11O3/c1-8-9-22-45-38-37-34(51-41(43)52-38)21-20-33(48-37)24-29-12-14-30(15-13-29)25-53(6,7)26-31-16-18-32(19-17-31)49-39(54)35(11-10-23-46-42(44)56)50-40(55)36(27(2)3)47-28(4)5/h12-21,27-28,35-36,47H,8-11,22-26H2,1-7H3,(H7-,43,44,45,46,49,50,51,52,54,55,56)/p+1/t35-,36-/m0/s1. The molecule has 2 atom stereocenters. The van der Waals surface area contributed by atoms with Crippen LogP contribution in [0.25, 0.3) is 11.0 Å². The molecule has 56 heavy (non-hydrogen) atoms. The second-order valence-electron chi connectivity index (χ2n) is 15.8. The van der Waals surface area contributed by atoms with E-state index in [9.17, 15) is 14.4 Å². The van der Waals surface area contributed by atoms with Crippen molar-refractivity contribution < 1.29 is 18.9 Å². The van der Waals surface area contributed by atoms with Crippen molar-refractivity contribution in [1.82, 2.24) is 30.9 Å². The molecule has 2 aromatic heterocycles. The van der Waals surface area contributed by atoms with Gasteiger partial charge in [0.25, 0.3) is 0 Å². The van der Waals surface area contributed by atoms with Gasteiger partial charge in [-0.1, -0.05) is 77.4 Å². The Hall–Kier alpha value is -5.34. The average molecular weight is 769 g/mol. The fourth-order valence-electron chi connectivity index (χ4n) is 6.59. The van der Waals surface area contributed by atoms with Gasteiger partial charge in [-0.2, -0.15) is 4.98 Å². The Morgan fingerprint density at radius 1 is 0.786 bits per heavy atom. The molecule has 9 N–H and O–H groups in total. The molecule has 4 aromatic rings. The number of primary amides is 1. The minimum Gasteiger partial charge on any atom is -0.368 e. The normalized spacial score (nSPS) is 12.7. The van der Waals surface area contributed by atoms with E-state index in [0.29, 0.717) is 37.3 Å². The van der Waals surface area contributed by atoms with Gasteiger partial charge in [0, 0.05) is 48.1 Å². The Morgan fingerprint density at radius 3 is 2.04 bits per heavy atom. The average Bonchev–Trinajstić information content (AvgIpc) is 3.13. The highest BCUT2D eigenvalue weighted by atomic mass is 16.2. The quantitative estimate of drug-likeness (QED) is 0.0446. The molecule has 0 aliphatic rings. The van der Waals surface area contributed by atoms with Gasteiger partial charge in [-0.25, -0.2) is 14.8 Å². The number of nitrogens with one attached hydrogen (secondary N) is 5. The number of carbonyl (C=O) groups excluding carboxylic acids is 3. The van der Waals surface area contributed by atoms with Crippen LogP contribution in [0.5, 0.6) is 0 Å². The van der Waals surface area contributed by atoms with Gasteiger partial charge < -0.3 is 42.5 Å². The highest BCUT2D eigenvalue weighted by Crippen LogP contribution is 2.22. The monoisotopic (exact) mass is 769 g/mol. The van der Waals surface area contributed by atoms with E-state index in [2.05, 4.69) is 81.8 Å². The smallest absolute Gasteiger partial charge is 0.312 e. The zero-order chi connectivity index (χ0) is 40.8. The molecule has 2 heterocycles. The maximum Gasteiger partial charge on any atom is 0.312 e. The number of amides is 4. The van der Waals surface area contributed by atoms with E-state index in [0.717, 1.165) is 64.8 Å². The third-order valence-corrected chi connectivity index (χ3v) is 9.35. The van der Waals surface area contributed by atoms with Crippen molar-refractivity contribution in [3.05, 3.63) is 83.0 Å². The largest absolute Gasteiger partial charge is 0.368 e. The van der Waals surface area contributed by atoms with Gasteiger partial charge >= 0.3 is 6.03 Å². The van der Waals surface area contributed by atoms with E-state index < -0.39 is 18.1 Å². The lowest BCUT2D eigenvalue weighted by Crippen LogP contribution is -2.54. The van der Waals surface area contributed by atoms with E-state index in [-0.39, 0.29) is 29.7 Å². The first-order chi connectivity index (χ1) is 26.6. The molecular formula is C42H62N11O3+. The molecule has 0 spiro atoms. The van der Waals surface area contributed by atoms with Gasteiger partial charge in [0.1, 0.15) is 24.6 Å². The number of nitrogens with zero attached hydrogens (tertiary/aromatic N) is 4. The van der Waals surface area contributed by atoms with Crippen molar-refractivity contribution >= 4 is 46.3 Å². The van der Waals surface area contributed by atoms with Crippen molar-refractivity contribution in [3.63, 3.8) is 0 Å². The number of fused-ring (bicyclic) bond motifs is 1. The summed E-state index contributed by atoms with van der Waals surface area (Å²) in [6.45, 7) is 12.7. The van der Waals surface area contributed by atoms with Gasteiger partial charge in [-0.3, -0.25) is 9.59 Å². The number of hydrogen-bond donors (Lipinski definition) is 7. The molecule has 0 radical (unpaired) electrons. The number of anilines is 3. The summed E-state index contributed by atoms with van der Waals surface area (Å²) >= 11 is 0. The first kappa shape index (κ1) is 43.4. The van der Waals surface area contributed by atoms with Gasteiger partial charge in [0.15, 0.2) is 5.82 Å². The van der Waals surface area contributed by atoms with E-state index in [1.165, 1.54) is 5.56 Å². The molecule has 14 heteroatoms. The summed E-state index contributed by atoms with van der Waals surface area (Å²) < 4.78 is 0.725. The Balaban J connectivity index is 1.35. The molecule has 0 saturated heterocycles. The molecule has 0 aliphatic heterocycles. The lowest BCUT2D eigenvalue weighted by atomic mass is 10.0. The minimum absolute atomic E-state index is 0.0233. The number of quaternary nitrogens is 1. The molecule has 4 rings (SSSR count). The first-order valence-electron chi connectivity index (χ1n) is 19.7. The van der Waals surface area contributed by atoms with Crippen LogP contribution in [0, 0.1) is 5.92 Å². The molecule has 0 unspecified atom stereocenters. The van der Waals surface area contributed by atoms with Gasteiger partial charge in [0.05, 0.1) is 25.7 Å². The fraction of sp³-hybridized carbons (Fsp3) is 0.476. The third kappa shape index (κ3) is 13.7. The summed E-state index contributed by atoms with van der Waals surface area (Å²) in [5, 5.41) is 15.1. The molecular weight excluding hydrogens is 707 g/mol. The maximum absolute atomic E-state index is 13.5. The van der Waals surface area contributed by atoms with Crippen LogP contribution in [0.15, 0.2) is 60.7 Å². The Morgan fingerprint density at radius 2 is 1.43 bits per heavy atom. The van der Waals surface area contributed by atoms with Crippen molar-refractivity contribution in [2.75, 3.05) is 43.6 Å². The van der Waals surface area contributed by atoms with Gasteiger partial charge in [-0.15, -0.1) is 0 Å². The predicted molar refractivity (Wildman–Crippen MR) is 225 cm³/mol. The lowest BCUT2D eigenvalue weighted by molar-refractivity contribution is -0.916. The summed E-state index contributed by atoms with van der Waals surface area (Å²) in [5.74, 6) is 0.364. The zero-order valence-electron chi connectivity index (χ0n) is 34.1. The summed E-state index contributed by atoms with van der Waals surface area (Å²) in [4.78, 5) is 51.6. The molecule has 0 fully saturated rings. The molecule has 4 amide bonds. The number of benzene rings is 2. The second-order valence-corrected chi connectivity index (χ2v) is 15.8. The van der Waals surface area contributed by atoms with Crippen LogP contribution < -0.4 is 38.1 Å². The molecule has 0 saturated carbocycles. The number of carbonyl (C=O) groups is 3. The van der Waals surface area contributed by atoms with Crippen LogP contribution in [-0.4, -0.2) is 82.6 Å². The first-order valence-corrected chi connectivity index (χ1v) is 19.7. The Kier molecular flexibility index (Phi) is 15.9. The minimum atomic E-state index is -0.794. The maximum atomic E-state index is 13.5. The van der Waals surface area contributed by atoms with Crippen LogP contribution in [0.1, 0.15) is 82.7 Å². The van der Waals surface area contributed by atoms with Crippen LogP contribution >= 0.6 is 0 Å². The molecule has 14 nitrogen and oxygen atoms in total. The van der Waals surface area contributed by atoms with Gasteiger partial charge in [0.2, 0.25) is 17.8 Å². The molecule has 0 aliphatic carbocycles. The molecule has 302 valence electrons. The Labute approximate surface area is 331 Å². The Bertz CT molecular complexity index is 1900. The number of pyridine rings is 1. The SMILES string of the molecule is CCCCNc1nc(N)nc2ccc(Cc3ccc(C[N+](C)(C)Cc4ccc(NC(=O)[C@H](CCCNC(N)=O)NC(=O)[C@@H](NC(C)C)C(C)C)cc4)cc3)nc12. The number of nitrogen functional groups attached to an aromatic ring is 1. The van der Waals surface area contributed by atoms with Crippen LogP contribution in [0.3, 0.4) is 0 Å². The lowest BCUT2D eigenvalue weighted by Gasteiger charge is -2.30. The number of nitrogens with two attached hydrogens (primary N) is 2. The van der Waals surface area contributed by atoms with Crippen molar-refractivity contribution in [1.29, 1.82) is 0 Å². The van der Waals surface area contributed by atoms with Crippen LogP contribution in [0.4, 0.5) is 22.2 Å². The van der Waals surface area contributed by atoms with E-state index in [1.807, 2.05) is 64.1 Å². The highest BCUT2D eigenvalue weighted by Gasteiger charge is 2.28. The fourth-order valence-corrected chi connectivity index (χ4v) is 6.59. The summed E-state index contributed by atoms with van der Waals surface area (Å²) in [6, 6.07) is 18.7. The summed E-state index contributed by atoms with van der Waals surface area (Å²) in [6.07, 6.45) is 3.59. The number of unbranched alkanes of at least 4 members (excludes halogenated alkanes) is 1.